The molecule has 0 unspecified atom stereocenters. The number of nitrogens with zero attached hydrogens (tertiary/aromatic N) is 2. The molecular weight excluding hydrogens is 520 g/mol. The van der Waals surface area contributed by atoms with Gasteiger partial charge < -0.3 is 19.0 Å². The van der Waals surface area contributed by atoms with Gasteiger partial charge in [0.25, 0.3) is 0 Å². The van der Waals surface area contributed by atoms with Crippen LogP contribution >= 0.6 is 0 Å². The number of amides is 2. The van der Waals surface area contributed by atoms with Crippen LogP contribution in [-0.4, -0.2) is 69.4 Å². The standard InChI is InChI=1S/C32H38N2O5Si/c1-33(32(37)38-22-28-26-17-11-9-15-24(26)25-16-10-12-18-27(25)28)20-19-30(35)34(2)29(31(36)39-40(3,4)5)21-23-13-7-6-8-14-23/h6-18,28-29H,19-22H2,1-5H3/t29-/m0/s1. The van der Waals surface area contributed by atoms with E-state index >= 15 is 0 Å². The van der Waals surface area contributed by atoms with Crippen molar-refractivity contribution in [2.75, 3.05) is 27.2 Å². The number of benzene rings is 3. The van der Waals surface area contributed by atoms with E-state index in [1.54, 1.807) is 14.1 Å². The van der Waals surface area contributed by atoms with Gasteiger partial charge in [0, 0.05) is 39.4 Å². The molecule has 8 heteroatoms. The van der Waals surface area contributed by atoms with Gasteiger partial charge in [0.2, 0.25) is 14.2 Å². The molecule has 0 spiro atoms. The van der Waals surface area contributed by atoms with E-state index in [0.29, 0.717) is 6.42 Å². The first-order valence-electron chi connectivity index (χ1n) is 13.6. The summed E-state index contributed by atoms with van der Waals surface area (Å²) in [4.78, 5) is 41.9. The molecule has 0 saturated heterocycles. The third-order valence-corrected chi connectivity index (χ3v) is 7.93. The van der Waals surface area contributed by atoms with Crippen LogP contribution in [0.4, 0.5) is 4.79 Å². The zero-order chi connectivity index (χ0) is 28.9. The molecule has 3 aromatic rings. The Morgan fingerprint density at radius 1 is 0.825 bits per heavy atom. The van der Waals surface area contributed by atoms with Crippen LogP contribution in [0.1, 0.15) is 29.0 Å². The van der Waals surface area contributed by atoms with Gasteiger partial charge in [-0.2, -0.15) is 0 Å². The number of fused-ring (bicyclic) bond motifs is 3. The fourth-order valence-corrected chi connectivity index (χ4v) is 5.73. The summed E-state index contributed by atoms with van der Waals surface area (Å²) in [5, 5.41) is 0. The minimum absolute atomic E-state index is 0.0337. The van der Waals surface area contributed by atoms with Crippen LogP contribution in [0.15, 0.2) is 78.9 Å². The van der Waals surface area contributed by atoms with Crippen LogP contribution in [0.3, 0.4) is 0 Å². The topological polar surface area (TPSA) is 76.2 Å². The maximum Gasteiger partial charge on any atom is 0.409 e. The van der Waals surface area contributed by atoms with Gasteiger partial charge in [-0.05, 0) is 47.5 Å². The summed E-state index contributed by atoms with van der Waals surface area (Å²) in [6, 6.07) is 25.2. The number of carbonyl (C=O) groups is 3. The lowest BCUT2D eigenvalue weighted by atomic mass is 9.98. The van der Waals surface area contributed by atoms with Crippen LogP contribution in [0.2, 0.25) is 19.6 Å². The lowest BCUT2D eigenvalue weighted by Gasteiger charge is -2.30. The summed E-state index contributed by atoms with van der Waals surface area (Å²) in [7, 11) is 1.08. The van der Waals surface area contributed by atoms with Crippen molar-refractivity contribution >= 4 is 26.3 Å². The largest absolute Gasteiger partial charge is 0.518 e. The van der Waals surface area contributed by atoms with E-state index in [1.165, 1.54) is 20.9 Å². The minimum atomic E-state index is -2.15. The SMILES string of the molecule is CN(CCC(=O)N(C)[C@@H](Cc1ccccc1)C(=O)O[Si](C)(C)C)C(=O)OCC1c2ccccc2-c2ccccc21. The van der Waals surface area contributed by atoms with Crippen LogP contribution in [0, 0.1) is 0 Å². The van der Waals surface area contributed by atoms with Gasteiger partial charge in [0.1, 0.15) is 12.6 Å². The number of hydrogen-bond acceptors (Lipinski definition) is 5. The minimum Gasteiger partial charge on any atom is -0.518 e. The molecule has 0 fully saturated rings. The predicted octanol–water partition coefficient (Wildman–Crippen LogP) is 5.71. The molecule has 1 atom stereocenters. The van der Waals surface area contributed by atoms with E-state index in [-0.39, 0.29) is 31.4 Å². The normalized spacial score (nSPS) is 13.1. The molecule has 7 nitrogen and oxygen atoms in total. The van der Waals surface area contributed by atoms with Crippen molar-refractivity contribution in [3.8, 4) is 11.1 Å². The summed E-state index contributed by atoms with van der Waals surface area (Å²) in [6.07, 6.45) is -0.0755. The van der Waals surface area contributed by atoms with E-state index in [1.807, 2.05) is 74.2 Å². The molecule has 1 aliphatic carbocycles. The maximum absolute atomic E-state index is 13.2. The number of carbonyl (C=O) groups excluding carboxylic acids is 3. The highest BCUT2D eigenvalue weighted by atomic mass is 28.4. The van der Waals surface area contributed by atoms with Crippen molar-refractivity contribution in [2.45, 2.75) is 44.4 Å². The van der Waals surface area contributed by atoms with Gasteiger partial charge in [-0.1, -0.05) is 78.9 Å². The third kappa shape index (κ3) is 6.99. The van der Waals surface area contributed by atoms with Crippen molar-refractivity contribution in [3.63, 3.8) is 0 Å². The number of hydrogen-bond donors (Lipinski definition) is 0. The Bertz CT molecular complexity index is 1310. The number of rotatable bonds is 10. The van der Waals surface area contributed by atoms with Crippen LogP contribution in [0.5, 0.6) is 0 Å². The van der Waals surface area contributed by atoms with Crippen LogP contribution in [-0.2, 0) is 25.2 Å². The predicted molar refractivity (Wildman–Crippen MR) is 158 cm³/mol. The van der Waals surface area contributed by atoms with Crippen LogP contribution < -0.4 is 0 Å². The average Bonchev–Trinajstić information content (AvgIpc) is 3.26. The molecule has 0 saturated carbocycles. The summed E-state index contributed by atoms with van der Waals surface area (Å²) in [6.45, 7) is 6.20. The lowest BCUT2D eigenvalue weighted by molar-refractivity contribution is -0.147. The van der Waals surface area contributed by atoms with Crippen molar-refractivity contribution < 1.29 is 23.5 Å². The third-order valence-electron chi connectivity index (χ3n) is 7.12. The summed E-state index contributed by atoms with van der Waals surface area (Å²) in [5.41, 5.74) is 5.56. The molecular formula is C32H38N2O5Si. The Hall–Kier alpha value is -3.91. The quantitative estimate of drug-likeness (QED) is 0.298. The summed E-state index contributed by atoms with van der Waals surface area (Å²) >= 11 is 0. The van der Waals surface area contributed by atoms with Crippen molar-refractivity contribution in [2.24, 2.45) is 0 Å². The van der Waals surface area contributed by atoms with E-state index in [9.17, 15) is 14.4 Å². The monoisotopic (exact) mass is 558 g/mol. The fourth-order valence-electron chi connectivity index (χ4n) is 4.99. The van der Waals surface area contributed by atoms with Gasteiger partial charge in [-0.15, -0.1) is 0 Å². The Morgan fingerprint density at radius 3 is 1.95 bits per heavy atom. The molecule has 3 aromatic carbocycles. The van der Waals surface area contributed by atoms with Gasteiger partial charge in [-0.25, -0.2) is 4.79 Å². The maximum atomic E-state index is 13.2. The zero-order valence-corrected chi connectivity index (χ0v) is 24.9. The number of likely N-dealkylation sites (N-methyl/N-ethyl adjacent to an activating group) is 1. The van der Waals surface area contributed by atoms with Crippen molar-refractivity contribution in [3.05, 3.63) is 95.6 Å². The smallest absolute Gasteiger partial charge is 0.409 e. The second-order valence-corrected chi connectivity index (χ2v) is 15.6. The molecule has 0 heterocycles. The van der Waals surface area contributed by atoms with Gasteiger partial charge in [0.15, 0.2) is 0 Å². The number of ether oxygens (including phenoxy) is 1. The zero-order valence-electron chi connectivity index (χ0n) is 23.9. The van der Waals surface area contributed by atoms with E-state index < -0.39 is 26.4 Å². The highest BCUT2D eigenvalue weighted by Crippen LogP contribution is 2.44. The molecule has 1 aliphatic rings. The first kappa shape index (κ1) is 29.1. The van der Waals surface area contributed by atoms with E-state index in [2.05, 4.69) is 24.3 Å². The molecule has 2 amide bonds. The average molecular weight is 559 g/mol. The second-order valence-electron chi connectivity index (χ2n) is 11.2. The second kappa shape index (κ2) is 12.5. The molecule has 0 bridgehead atoms. The first-order chi connectivity index (χ1) is 19.0. The van der Waals surface area contributed by atoms with Gasteiger partial charge in [-0.3, -0.25) is 9.59 Å². The lowest BCUT2D eigenvalue weighted by Crippen LogP contribution is -2.48. The van der Waals surface area contributed by atoms with Gasteiger partial charge in [0.05, 0.1) is 0 Å². The molecule has 0 radical (unpaired) electrons. The van der Waals surface area contributed by atoms with Gasteiger partial charge >= 0.3 is 12.1 Å². The van der Waals surface area contributed by atoms with Crippen LogP contribution in [0.25, 0.3) is 11.1 Å². The molecule has 210 valence electrons. The Kier molecular flexibility index (Phi) is 9.09. The highest BCUT2D eigenvalue weighted by molar-refractivity contribution is 6.71. The molecule has 4 rings (SSSR count). The Balaban J connectivity index is 1.35. The Labute approximate surface area is 237 Å². The molecule has 0 aromatic heterocycles. The highest BCUT2D eigenvalue weighted by Gasteiger charge is 2.33. The molecule has 0 N–H and O–H groups in total. The molecule has 40 heavy (non-hydrogen) atoms. The summed E-state index contributed by atoms with van der Waals surface area (Å²) in [5.74, 6) is -0.677. The fraction of sp³-hybridized carbons (Fsp3) is 0.344. The Morgan fingerprint density at radius 2 is 1.38 bits per heavy atom. The molecule has 0 aliphatic heterocycles. The summed E-state index contributed by atoms with van der Waals surface area (Å²) < 4.78 is 11.5. The van der Waals surface area contributed by atoms with E-state index in [4.69, 9.17) is 9.16 Å². The first-order valence-corrected chi connectivity index (χ1v) is 17.0. The van der Waals surface area contributed by atoms with E-state index in [0.717, 1.165) is 16.7 Å². The van der Waals surface area contributed by atoms with Crippen molar-refractivity contribution in [1.82, 2.24) is 9.80 Å². The van der Waals surface area contributed by atoms with Crippen molar-refractivity contribution in [1.29, 1.82) is 0 Å².